The van der Waals surface area contributed by atoms with Crippen LogP contribution in [0.4, 0.5) is 4.79 Å². The predicted octanol–water partition coefficient (Wildman–Crippen LogP) is 3.85. The lowest BCUT2D eigenvalue weighted by Gasteiger charge is -2.53. The Bertz CT molecular complexity index is 1220. The Balaban J connectivity index is 1.70. The van der Waals surface area contributed by atoms with Crippen LogP contribution < -0.4 is 5.32 Å². The van der Waals surface area contributed by atoms with E-state index < -0.39 is 36.4 Å². The summed E-state index contributed by atoms with van der Waals surface area (Å²) >= 11 is 0. The predicted molar refractivity (Wildman–Crippen MR) is 157 cm³/mol. The number of hydroxylamine groups is 2. The van der Waals surface area contributed by atoms with Crippen molar-refractivity contribution < 1.29 is 29.1 Å². The molecular formula is C32H42N4O6. The van der Waals surface area contributed by atoms with Crippen molar-refractivity contribution in [2.24, 2.45) is 5.92 Å². The fourth-order valence-corrected chi connectivity index (χ4v) is 5.64. The largest absolute Gasteiger partial charge is 0.463 e. The monoisotopic (exact) mass is 578 g/mol. The van der Waals surface area contributed by atoms with Crippen LogP contribution in [0.25, 0.3) is 0 Å². The molecule has 0 saturated carbocycles. The van der Waals surface area contributed by atoms with Crippen molar-refractivity contribution in [3.8, 4) is 0 Å². The minimum atomic E-state index is -1.37. The molecule has 42 heavy (non-hydrogen) atoms. The zero-order valence-electron chi connectivity index (χ0n) is 24.6. The van der Waals surface area contributed by atoms with E-state index in [2.05, 4.69) is 19.2 Å². The third-order valence-corrected chi connectivity index (χ3v) is 7.88. The lowest BCUT2D eigenvalue weighted by molar-refractivity contribution is -0.265. The molecule has 0 radical (unpaired) electrons. The summed E-state index contributed by atoms with van der Waals surface area (Å²) < 4.78 is 0. The third-order valence-electron chi connectivity index (χ3n) is 7.88. The summed E-state index contributed by atoms with van der Waals surface area (Å²) in [7, 11) is 0. The Labute approximate surface area is 247 Å². The second-order valence-corrected chi connectivity index (χ2v) is 11.4. The molecule has 4 atom stereocenters. The van der Waals surface area contributed by atoms with Gasteiger partial charge in [-0.05, 0) is 29.9 Å². The molecule has 226 valence electrons. The fraction of sp³-hybridized carbons (Fsp3) is 0.500. The highest BCUT2D eigenvalue weighted by molar-refractivity contribution is 5.95. The van der Waals surface area contributed by atoms with Crippen molar-refractivity contribution in [1.82, 2.24) is 20.2 Å². The maximum Gasteiger partial charge on any atom is 0.433 e. The number of benzene rings is 2. The average molecular weight is 579 g/mol. The number of amides is 4. The molecule has 2 aliphatic heterocycles. The van der Waals surface area contributed by atoms with E-state index in [1.54, 1.807) is 0 Å². The molecule has 10 heteroatoms. The Morgan fingerprint density at radius 2 is 1.57 bits per heavy atom. The molecule has 2 fully saturated rings. The van der Waals surface area contributed by atoms with Crippen LogP contribution in [0.2, 0.25) is 0 Å². The van der Waals surface area contributed by atoms with Crippen LogP contribution >= 0.6 is 0 Å². The highest BCUT2D eigenvalue weighted by Gasteiger charge is 2.54. The molecule has 0 spiro atoms. The van der Waals surface area contributed by atoms with Gasteiger partial charge >= 0.3 is 6.09 Å². The minimum Gasteiger partial charge on any atom is -0.463 e. The highest BCUT2D eigenvalue weighted by atomic mass is 16.7. The first-order valence-electron chi connectivity index (χ1n) is 14.9. The number of fused-ring (bicyclic) bond motifs is 1. The van der Waals surface area contributed by atoms with Crippen LogP contribution in [-0.4, -0.2) is 81.2 Å². The van der Waals surface area contributed by atoms with Crippen LogP contribution in [0.15, 0.2) is 60.7 Å². The molecule has 0 aromatic heterocycles. The summed E-state index contributed by atoms with van der Waals surface area (Å²) in [6.07, 6.45) is -0.487. The molecule has 1 unspecified atom stereocenters. The SMILES string of the molecule is CCCC[C@@H](C(=O)NCCC(C)C)N1CC2N(C(=O)O)O[C@H](Cc3ccccc3)C(=O)N2[C@@H](Cc2ccccc2)C1=O. The summed E-state index contributed by atoms with van der Waals surface area (Å²) in [4.78, 5) is 63.0. The van der Waals surface area contributed by atoms with E-state index in [1.807, 2.05) is 67.6 Å². The van der Waals surface area contributed by atoms with Crippen molar-refractivity contribution in [3.05, 3.63) is 71.8 Å². The zero-order valence-corrected chi connectivity index (χ0v) is 24.6. The third kappa shape index (κ3) is 7.28. The molecule has 0 aliphatic carbocycles. The van der Waals surface area contributed by atoms with E-state index >= 15 is 0 Å². The van der Waals surface area contributed by atoms with Gasteiger partial charge in [-0.15, -0.1) is 0 Å². The fourth-order valence-electron chi connectivity index (χ4n) is 5.64. The number of hydrogen-bond donors (Lipinski definition) is 2. The van der Waals surface area contributed by atoms with Gasteiger partial charge in [0.25, 0.3) is 5.91 Å². The van der Waals surface area contributed by atoms with Crippen LogP contribution in [0, 0.1) is 5.92 Å². The van der Waals surface area contributed by atoms with Gasteiger partial charge in [-0.25, -0.2) is 4.79 Å². The lowest BCUT2D eigenvalue weighted by atomic mass is 9.95. The number of unbranched alkanes of at least 4 members (excludes halogenated alkanes) is 1. The standard InChI is InChI=1S/C32H42N4O6/c1-4-5-16-25(29(37)33-18-17-22(2)3)34-21-28-35(26(30(34)38)19-23-12-8-6-9-13-23)31(39)27(42-36(28)32(40)41)20-24-14-10-7-11-15-24/h6-15,22,25-28H,4-5,16-21H2,1-3H3,(H,33,37)(H,40,41)/t25-,26-,27+,28?/m0/s1. The van der Waals surface area contributed by atoms with Crippen LogP contribution in [-0.2, 0) is 32.1 Å². The van der Waals surface area contributed by atoms with Crippen molar-refractivity contribution in [1.29, 1.82) is 0 Å². The number of nitrogens with zero attached hydrogens (tertiary/aromatic N) is 3. The number of carbonyl (C=O) groups is 4. The molecule has 0 bridgehead atoms. The smallest absolute Gasteiger partial charge is 0.433 e. The van der Waals surface area contributed by atoms with Crippen molar-refractivity contribution in [2.75, 3.05) is 13.1 Å². The second kappa shape index (κ2) is 14.3. The van der Waals surface area contributed by atoms with Crippen molar-refractivity contribution in [2.45, 2.75) is 83.6 Å². The summed E-state index contributed by atoms with van der Waals surface area (Å²) in [6.45, 7) is 6.48. The summed E-state index contributed by atoms with van der Waals surface area (Å²) in [5.74, 6) is -0.675. The van der Waals surface area contributed by atoms with Gasteiger partial charge in [0.2, 0.25) is 11.8 Å². The first-order chi connectivity index (χ1) is 20.2. The Hall–Kier alpha value is -3.92. The number of carboxylic acid groups (broad SMARTS) is 1. The van der Waals surface area contributed by atoms with E-state index in [4.69, 9.17) is 4.84 Å². The summed E-state index contributed by atoms with van der Waals surface area (Å²) in [5, 5.41) is 14.0. The first kappa shape index (κ1) is 31.0. The molecular weight excluding hydrogens is 536 g/mol. The zero-order chi connectivity index (χ0) is 30.2. The molecule has 2 saturated heterocycles. The number of piperazine rings is 1. The lowest BCUT2D eigenvalue weighted by Crippen LogP contribution is -2.75. The number of nitrogens with one attached hydrogen (secondary N) is 1. The van der Waals surface area contributed by atoms with E-state index in [9.17, 15) is 24.3 Å². The maximum atomic E-state index is 14.3. The highest BCUT2D eigenvalue weighted by Crippen LogP contribution is 2.32. The molecule has 2 aliphatic rings. The molecule has 2 aromatic rings. The van der Waals surface area contributed by atoms with E-state index in [0.717, 1.165) is 29.0 Å². The molecule has 2 aromatic carbocycles. The summed E-state index contributed by atoms with van der Waals surface area (Å²) in [5.41, 5.74) is 1.63. The van der Waals surface area contributed by atoms with Crippen molar-refractivity contribution >= 4 is 23.8 Å². The Morgan fingerprint density at radius 1 is 0.952 bits per heavy atom. The van der Waals surface area contributed by atoms with Gasteiger partial charge in [-0.3, -0.25) is 19.2 Å². The van der Waals surface area contributed by atoms with Gasteiger partial charge in [0.1, 0.15) is 12.1 Å². The van der Waals surface area contributed by atoms with E-state index in [1.165, 1.54) is 9.80 Å². The molecule has 2 N–H and O–H groups in total. The van der Waals surface area contributed by atoms with E-state index in [0.29, 0.717) is 25.3 Å². The molecule has 4 amide bonds. The van der Waals surface area contributed by atoms with Gasteiger partial charge in [0.15, 0.2) is 12.3 Å². The van der Waals surface area contributed by atoms with Gasteiger partial charge in [0, 0.05) is 19.4 Å². The maximum absolute atomic E-state index is 14.3. The van der Waals surface area contributed by atoms with Crippen molar-refractivity contribution in [3.63, 3.8) is 0 Å². The number of hydrogen-bond acceptors (Lipinski definition) is 5. The van der Waals surface area contributed by atoms with Crippen LogP contribution in [0.1, 0.15) is 57.6 Å². The average Bonchev–Trinajstić information content (AvgIpc) is 2.97. The number of carbonyl (C=O) groups excluding carboxylic acids is 3. The van der Waals surface area contributed by atoms with Gasteiger partial charge in [-0.1, -0.05) is 94.3 Å². The van der Waals surface area contributed by atoms with E-state index in [-0.39, 0.29) is 31.2 Å². The topological polar surface area (TPSA) is 119 Å². The van der Waals surface area contributed by atoms with Gasteiger partial charge in [0.05, 0.1) is 6.54 Å². The quantitative estimate of drug-likeness (QED) is 0.395. The molecule has 2 heterocycles. The minimum absolute atomic E-state index is 0.153. The Kier molecular flexibility index (Phi) is 10.6. The normalized spacial score (nSPS) is 21.3. The second-order valence-electron chi connectivity index (χ2n) is 11.4. The Morgan fingerprint density at radius 3 is 2.14 bits per heavy atom. The van der Waals surface area contributed by atoms with Crippen LogP contribution in [0.3, 0.4) is 0 Å². The molecule has 10 nitrogen and oxygen atoms in total. The van der Waals surface area contributed by atoms with Gasteiger partial charge in [-0.2, -0.15) is 5.06 Å². The number of rotatable bonds is 12. The van der Waals surface area contributed by atoms with Crippen LogP contribution in [0.5, 0.6) is 0 Å². The van der Waals surface area contributed by atoms with Gasteiger partial charge < -0.3 is 20.2 Å². The first-order valence-corrected chi connectivity index (χ1v) is 14.9. The molecule has 4 rings (SSSR count). The summed E-state index contributed by atoms with van der Waals surface area (Å²) in [6, 6.07) is 16.7.